The molecule has 0 fully saturated rings. The number of nitrogen functional groups attached to an aromatic ring is 1. The third-order valence-corrected chi connectivity index (χ3v) is 5.24. The molecular weight excluding hydrogens is 361 g/mol. The number of nitrogens with zero attached hydrogens (tertiary/aromatic N) is 1. The molecule has 0 spiro atoms. The fourth-order valence-electron chi connectivity index (χ4n) is 1.59. The zero-order valence-electron chi connectivity index (χ0n) is 10.6. The van der Waals surface area contributed by atoms with Gasteiger partial charge in [0, 0.05) is 16.7 Å². The molecule has 0 amide bonds. The molecule has 9 heteroatoms. The lowest BCUT2D eigenvalue weighted by Gasteiger charge is -2.23. The van der Waals surface area contributed by atoms with E-state index in [2.05, 4.69) is 15.9 Å². The summed E-state index contributed by atoms with van der Waals surface area (Å²) in [6.45, 7) is -0.138. The van der Waals surface area contributed by atoms with E-state index in [0.29, 0.717) is 4.31 Å². The van der Waals surface area contributed by atoms with Crippen molar-refractivity contribution >= 4 is 31.6 Å². The van der Waals surface area contributed by atoms with Crippen molar-refractivity contribution in [3.63, 3.8) is 0 Å². The Morgan fingerprint density at radius 2 is 1.95 bits per heavy atom. The van der Waals surface area contributed by atoms with Gasteiger partial charge in [0.15, 0.2) is 0 Å². The fraction of sp³-hybridized carbons (Fsp3) is 0.455. The van der Waals surface area contributed by atoms with Crippen molar-refractivity contribution in [1.29, 1.82) is 0 Å². The summed E-state index contributed by atoms with van der Waals surface area (Å²) in [6.07, 6.45) is -4.33. The predicted molar refractivity (Wildman–Crippen MR) is 73.7 cm³/mol. The zero-order chi connectivity index (χ0) is 15.6. The molecule has 0 radical (unpaired) electrons. The van der Waals surface area contributed by atoms with E-state index in [-0.39, 0.29) is 28.0 Å². The van der Waals surface area contributed by atoms with E-state index in [1.165, 1.54) is 12.1 Å². The fourth-order valence-corrected chi connectivity index (χ4v) is 4.07. The molecule has 1 aromatic carbocycles. The van der Waals surface area contributed by atoms with Crippen LogP contribution >= 0.6 is 15.9 Å². The highest BCUT2D eigenvalue weighted by molar-refractivity contribution is 9.10. The van der Waals surface area contributed by atoms with Gasteiger partial charge in [0.25, 0.3) is 0 Å². The lowest BCUT2D eigenvalue weighted by molar-refractivity contribution is -0.136. The number of hydrogen-bond acceptors (Lipinski definition) is 3. The number of sulfonamides is 1. The van der Waals surface area contributed by atoms with E-state index in [1.807, 2.05) is 0 Å². The minimum Gasteiger partial charge on any atom is -0.399 e. The maximum atomic E-state index is 12.5. The van der Waals surface area contributed by atoms with Crippen LogP contribution < -0.4 is 5.73 Å². The Bertz CT molecular complexity index is 576. The van der Waals surface area contributed by atoms with Crippen molar-refractivity contribution in [1.82, 2.24) is 4.31 Å². The Balaban J connectivity index is 3.26. The molecule has 4 nitrogen and oxygen atoms in total. The van der Waals surface area contributed by atoms with Crippen LogP contribution in [0.1, 0.15) is 13.3 Å². The normalized spacial score (nSPS) is 12.9. The highest BCUT2D eigenvalue weighted by Crippen LogP contribution is 2.29. The average Bonchev–Trinajstić information content (AvgIpc) is 2.30. The summed E-state index contributed by atoms with van der Waals surface area (Å²) in [5.41, 5.74) is 5.66. The number of rotatable bonds is 5. The summed E-state index contributed by atoms with van der Waals surface area (Å²) in [6, 6.07) is 3.98. The third-order valence-electron chi connectivity index (χ3n) is 2.40. The van der Waals surface area contributed by atoms with Crippen LogP contribution in [0.5, 0.6) is 0 Å². The molecule has 0 aliphatic heterocycles. The second-order valence-electron chi connectivity index (χ2n) is 4.14. The Labute approximate surface area is 123 Å². The number of benzene rings is 1. The first kappa shape index (κ1) is 17.3. The topological polar surface area (TPSA) is 63.4 Å². The Morgan fingerprint density at radius 3 is 2.45 bits per heavy atom. The molecule has 0 aliphatic carbocycles. The Hall–Kier alpha value is -0.800. The van der Waals surface area contributed by atoms with E-state index in [4.69, 9.17) is 5.73 Å². The van der Waals surface area contributed by atoms with Crippen LogP contribution in [0.4, 0.5) is 18.9 Å². The smallest absolute Gasteiger partial charge is 0.399 e. The van der Waals surface area contributed by atoms with Gasteiger partial charge < -0.3 is 5.73 Å². The maximum absolute atomic E-state index is 12.5. The first-order valence-electron chi connectivity index (χ1n) is 5.70. The van der Waals surface area contributed by atoms with Crippen LogP contribution in [0.2, 0.25) is 0 Å². The van der Waals surface area contributed by atoms with E-state index in [0.717, 1.165) is 6.07 Å². The van der Waals surface area contributed by atoms with Crippen molar-refractivity contribution in [2.24, 2.45) is 0 Å². The van der Waals surface area contributed by atoms with Crippen LogP contribution in [0, 0.1) is 0 Å². The maximum Gasteiger partial charge on any atom is 0.402 e. The van der Waals surface area contributed by atoms with Crippen molar-refractivity contribution in [2.75, 3.05) is 18.8 Å². The van der Waals surface area contributed by atoms with E-state index < -0.39 is 22.7 Å². The molecule has 0 atom stereocenters. The second kappa shape index (κ2) is 6.31. The van der Waals surface area contributed by atoms with Crippen molar-refractivity contribution in [3.05, 3.63) is 22.7 Å². The third kappa shape index (κ3) is 4.35. The highest BCUT2D eigenvalue weighted by atomic mass is 79.9. The SMILES string of the molecule is CCCN(CC(F)(F)F)S(=O)(=O)c1cc(N)ccc1Br. The quantitative estimate of drug-likeness (QED) is 0.805. The Kier molecular flexibility index (Phi) is 5.45. The minimum atomic E-state index is -4.60. The average molecular weight is 375 g/mol. The second-order valence-corrected chi connectivity index (χ2v) is 6.90. The monoisotopic (exact) mass is 374 g/mol. The molecular formula is C11H14BrF3N2O2S. The molecule has 1 aromatic rings. The number of hydrogen-bond donors (Lipinski definition) is 1. The van der Waals surface area contributed by atoms with Gasteiger partial charge in [0.1, 0.15) is 6.54 Å². The number of halogens is 4. The molecule has 0 aromatic heterocycles. The summed E-state index contributed by atoms with van der Waals surface area (Å²) in [5, 5.41) is 0. The van der Waals surface area contributed by atoms with Gasteiger partial charge in [0.05, 0.1) is 4.90 Å². The van der Waals surface area contributed by atoms with Crippen LogP contribution in [0.15, 0.2) is 27.6 Å². The molecule has 0 aliphatic rings. The summed E-state index contributed by atoms with van der Waals surface area (Å²) in [4.78, 5) is -0.268. The van der Waals surface area contributed by atoms with Gasteiger partial charge in [-0.15, -0.1) is 0 Å². The molecule has 20 heavy (non-hydrogen) atoms. The van der Waals surface area contributed by atoms with E-state index >= 15 is 0 Å². The summed E-state index contributed by atoms with van der Waals surface area (Å²) in [5.74, 6) is 0. The molecule has 114 valence electrons. The predicted octanol–water partition coefficient (Wildman–Crippen LogP) is 2.99. The largest absolute Gasteiger partial charge is 0.402 e. The molecule has 2 N–H and O–H groups in total. The zero-order valence-corrected chi connectivity index (χ0v) is 13.0. The van der Waals surface area contributed by atoms with Gasteiger partial charge in [-0.3, -0.25) is 0 Å². The van der Waals surface area contributed by atoms with Crippen molar-refractivity contribution < 1.29 is 21.6 Å². The summed E-state index contributed by atoms with van der Waals surface area (Å²) >= 11 is 3.02. The lowest BCUT2D eigenvalue weighted by Crippen LogP contribution is -2.39. The molecule has 0 bridgehead atoms. The van der Waals surface area contributed by atoms with Crippen LogP contribution in [-0.4, -0.2) is 32.0 Å². The lowest BCUT2D eigenvalue weighted by atomic mass is 10.3. The van der Waals surface area contributed by atoms with Gasteiger partial charge >= 0.3 is 6.18 Å². The minimum absolute atomic E-state index is 0.162. The van der Waals surface area contributed by atoms with Gasteiger partial charge in [0.2, 0.25) is 10.0 Å². The highest BCUT2D eigenvalue weighted by Gasteiger charge is 2.37. The van der Waals surface area contributed by atoms with E-state index in [1.54, 1.807) is 6.92 Å². The molecule has 0 saturated carbocycles. The van der Waals surface area contributed by atoms with Crippen LogP contribution in [0.25, 0.3) is 0 Å². The van der Waals surface area contributed by atoms with Crippen molar-refractivity contribution in [3.8, 4) is 0 Å². The molecule has 1 rings (SSSR count). The summed E-state index contributed by atoms with van der Waals surface area (Å²) < 4.78 is 62.7. The molecule has 0 unspecified atom stereocenters. The van der Waals surface area contributed by atoms with Gasteiger partial charge in [-0.1, -0.05) is 6.92 Å². The van der Waals surface area contributed by atoms with Crippen molar-refractivity contribution in [2.45, 2.75) is 24.4 Å². The Morgan fingerprint density at radius 1 is 1.35 bits per heavy atom. The van der Waals surface area contributed by atoms with E-state index in [9.17, 15) is 21.6 Å². The van der Waals surface area contributed by atoms with Gasteiger partial charge in [-0.25, -0.2) is 8.42 Å². The van der Waals surface area contributed by atoms with Crippen LogP contribution in [-0.2, 0) is 10.0 Å². The first-order valence-corrected chi connectivity index (χ1v) is 7.93. The molecule has 0 heterocycles. The number of anilines is 1. The van der Waals surface area contributed by atoms with Gasteiger partial charge in [-0.05, 0) is 40.5 Å². The number of alkyl halides is 3. The number of nitrogens with two attached hydrogens (primary N) is 1. The van der Waals surface area contributed by atoms with Crippen LogP contribution in [0.3, 0.4) is 0 Å². The first-order chi connectivity index (χ1) is 9.08. The standard InChI is InChI=1S/C11H14BrF3N2O2S/c1-2-5-17(7-11(13,14)15)20(18,19)10-6-8(16)3-4-9(10)12/h3-4,6H,2,5,7,16H2,1H3. The molecule has 0 saturated heterocycles. The summed E-state index contributed by atoms with van der Waals surface area (Å²) in [7, 11) is -4.26. The van der Waals surface area contributed by atoms with Gasteiger partial charge in [-0.2, -0.15) is 17.5 Å².